The quantitative estimate of drug-likeness (QED) is 0.692. The van der Waals surface area contributed by atoms with Crippen molar-refractivity contribution in [3.8, 4) is 0 Å². The van der Waals surface area contributed by atoms with E-state index < -0.39 is 0 Å². The lowest BCUT2D eigenvalue weighted by atomic mass is 10.0. The van der Waals surface area contributed by atoms with Gasteiger partial charge in [0.15, 0.2) is 5.69 Å². The number of benzene rings is 1. The van der Waals surface area contributed by atoms with Crippen LogP contribution in [0, 0.1) is 12.8 Å². The molecule has 0 bridgehead atoms. The number of nitrogens with zero attached hydrogens (tertiary/aromatic N) is 2. The van der Waals surface area contributed by atoms with E-state index in [-0.39, 0.29) is 12.0 Å². The minimum absolute atomic E-state index is 0.113. The van der Waals surface area contributed by atoms with Gasteiger partial charge >= 0.3 is 0 Å². The van der Waals surface area contributed by atoms with Crippen LogP contribution in [0.4, 0.5) is 0 Å². The van der Waals surface area contributed by atoms with Crippen LogP contribution in [0.25, 0.3) is 0 Å². The number of carbonyl (C=O) groups is 1. The van der Waals surface area contributed by atoms with Crippen molar-refractivity contribution in [2.24, 2.45) is 5.92 Å². The normalized spacial score (nSPS) is 17.8. The average molecular weight is 400 g/mol. The van der Waals surface area contributed by atoms with Gasteiger partial charge in [0, 0.05) is 25.7 Å². The van der Waals surface area contributed by atoms with E-state index >= 15 is 0 Å². The van der Waals surface area contributed by atoms with Gasteiger partial charge in [-0.1, -0.05) is 38.1 Å². The molecule has 29 heavy (non-hydrogen) atoms. The van der Waals surface area contributed by atoms with Crippen molar-refractivity contribution < 1.29 is 13.9 Å². The van der Waals surface area contributed by atoms with Gasteiger partial charge in [0.1, 0.15) is 6.26 Å². The van der Waals surface area contributed by atoms with Gasteiger partial charge in [-0.25, -0.2) is 4.98 Å². The van der Waals surface area contributed by atoms with E-state index in [1.807, 2.05) is 0 Å². The van der Waals surface area contributed by atoms with Gasteiger partial charge in [-0.15, -0.1) is 0 Å². The number of carbonyl (C=O) groups excluding carboxylic acids is 1. The summed E-state index contributed by atoms with van der Waals surface area (Å²) in [5.41, 5.74) is 2.89. The highest BCUT2D eigenvalue weighted by Crippen LogP contribution is 2.20. The zero-order chi connectivity index (χ0) is 20.8. The van der Waals surface area contributed by atoms with Crippen molar-refractivity contribution in [1.82, 2.24) is 15.2 Å². The second kappa shape index (κ2) is 10.0. The van der Waals surface area contributed by atoms with Crippen LogP contribution in [0.2, 0.25) is 0 Å². The number of nitrogens with one attached hydrogen (secondary N) is 1. The molecule has 1 aromatic carbocycles. The summed E-state index contributed by atoms with van der Waals surface area (Å²) in [6.45, 7) is 11.5. The van der Waals surface area contributed by atoms with E-state index in [0.29, 0.717) is 36.6 Å². The maximum atomic E-state index is 12.4. The molecule has 6 nitrogen and oxygen atoms in total. The van der Waals surface area contributed by atoms with E-state index in [0.717, 1.165) is 26.0 Å². The van der Waals surface area contributed by atoms with E-state index in [1.165, 1.54) is 17.4 Å². The number of aromatic nitrogens is 1. The van der Waals surface area contributed by atoms with Gasteiger partial charge in [0.25, 0.3) is 5.91 Å². The molecule has 3 rings (SSSR count). The molecule has 2 unspecified atom stereocenters. The lowest BCUT2D eigenvalue weighted by Gasteiger charge is -2.31. The summed E-state index contributed by atoms with van der Waals surface area (Å²) in [5.74, 6) is 0.842. The van der Waals surface area contributed by atoms with Crippen LogP contribution in [-0.4, -0.2) is 41.1 Å². The van der Waals surface area contributed by atoms with Gasteiger partial charge in [0.05, 0.1) is 12.6 Å². The number of aryl methyl sites for hydroxylation is 1. The predicted octanol–water partition coefficient (Wildman–Crippen LogP) is 3.94. The van der Waals surface area contributed by atoms with Crippen LogP contribution >= 0.6 is 0 Å². The fourth-order valence-corrected chi connectivity index (χ4v) is 3.54. The van der Waals surface area contributed by atoms with Gasteiger partial charge in [0.2, 0.25) is 5.89 Å². The van der Waals surface area contributed by atoms with Gasteiger partial charge in [-0.3, -0.25) is 9.69 Å². The predicted molar refractivity (Wildman–Crippen MR) is 113 cm³/mol. The standard InChI is InChI=1S/C23H33N3O3/c1-16(2)18(4)26(13-19-9-6-5-8-17(19)3)14-22-25-21(15-29-22)23(27)24-12-20-10-7-11-28-20/h5-6,8-9,15-16,18,20H,7,10-14H2,1-4H3,(H,24,27). The Morgan fingerprint density at radius 3 is 2.76 bits per heavy atom. The summed E-state index contributed by atoms with van der Waals surface area (Å²) < 4.78 is 11.2. The zero-order valence-electron chi connectivity index (χ0n) is 18.0. The summed E-state index contributed by atoms with van der Waals surface area (Å²) in [6.07, 6.45) is 3.61. The Bertz CT molecular complexity index is 796. The molecule has 1 aliphatic rings. The van der Waals surface area contributed by atoms with Crippen molar-refractivity contribution in [3.05, 3.63) is 53.2 Å². The second-order valence-electron chi connectivity index (χ2n) is 8.29. The number of hydrogen-bond donors (Lipinski definition) is 1. The lowest BCUT2D eigenvalue weighted by Crippen LogP contribution is -2.36. The fourth-order valence-electron chi connectivity index (χ4n) is 3.54. The first-order valence-corrected chi connectivity index (χ1v) is 10.6. The summed E-state index contributed by atoms with van der Waals surface area (Å²) in [6, 6.07) is 8.77. The lowest BCUT2D eigenvalue weighted by molar-refractivity contribution is 0.0853. The first-order valence-electron chi connectivity index (χ1n) is 10.6. The number of rotatable bonds is 9. The third-order valence-electron chi connectivity index (χ3n) is 5.81. The summed E-state index contributed by atoms with van der Waals surface area (Å²) >= 11 is 0. The van der Waals surface area contributed by atoms with Crippen molar-refractivity contribution in [3.63, 3.8) is 0 Å². The molecular weight excluding hydrogens is 366 g/mol. The summed E-state index contributed by atoms with van der Waals surface area (Å²) in [4.78, 5) is 19.2. The molecule has 2 heterocycles. The molecule has 1 fully saturated rings. The Morgan fingerprint density at radius 1 is 1.28 bits per heavy atom. The highest BCUT2D eigenvalue weighted by atomic mass is 16.5. The Kier molecular flexibility index (Phi) is 7.45. The SMILES string of the molecule is Cc1ccccc1CN(Cc1nc(C(=O)NCC2CCCO2)co1)C(C)C(C)C. The second-order valence-corrected chi connectivity index (χ2v) is 8.29. The highest BCUT2D eigenvalue weighted by Gasteiger charge is 2.22. The number of hydrogen-bond acceptors (Lipinski definition) is 5. The maximum Gasteiger partial charge on any atom is 0.273 e. The summed E-state index contributed by atoms with van der Waals surface area (Å²) in [5, 5.41) is 2.90. The molecule has 1 aromatic heterocycles. The molecular formula is C23H33N3O3. The van der Waals surface area contributed by atoms with E-state index in [2.05, 4.69) is 67.2 Å². The molecule has 1 amide bonds. The Labute approximate surface area is 173 Å². The molecule has 0 saturated carbocycles. The number of ether oxygens (including phenoxy) is 1. The minimum atomic E-state index is -0.210. The molecule has 1 aliphatic heterocycles. The Balaban J connectivity index is 1.64. The Hall–Kier alpha value is -2.18. The van der Waals surface area contributed by atoms with Crippen LogP contribution in [-0.2, 0) is 17.8 Å². The third-order valence-corrected chi connectivity index (χ3v) is 5.81. The largest absolute Gasteiger partial charge is 0.447 e. The van der Waals surface area contributed by atoms with Crippen LogP contribution in [0.3, 0.4) is 0 Å². The van der Waals surface area contributed by atoms with Crippen molar-refractivity contribution in [2.45, 2.75) is 65.8 Å². The number of oxazole rings is 1. The van der Waals surface area contributed by atoms with Crippen LogP contribution in [0.15, 0.2) is 34.9 Å². The smallest absolute Gasteiger partial charge is 0.273 e. The van der Waals surface area contributed by atoms with Gasteiger partial charge < -0.3 is 14.5 Å². The van der Waals surface area contributed by atoms with Crippen molar-refractivity contribution in [1.29, 1.82) is 0 Å². The third kappa shape index (κ3) is 5.90. The summed E-state index contributed by atoms with van der Waals surface area (Å²) in [7, 11) is 0. The van der Waals surface area contributed by atoms with Crippen LogP contribution < -0.4 is 5.32 Å². The van der Waals surface area contributed by atoms with Crippen molar-refractivity contribution >= 4 is 5.91 Å². The molecule has 0 radical (unpaired) electrons. The molecule has 0 aliphatic carbocycles. The molecule has 6 heteroatoms. The number of amides is 1. The monoisotopic (exact) mass is 399 g/mol. The van der Waals surface area contributed by atoms with Crippen LogP contribution in [0.1, 0.15) is 61.1 Å². The Morgan fingerprint density at radius 2 is 2.07 bits per heavy atom. The maximum absolute atomic E-state index is 12.4. The minimum Gasteiger partial charge on any atom is -0.447 e. The molecule has 158 valence electrons. The molecule has 2 aromatic rings. The van der Waals surface area contributed by atoms with Crippen LogP contribution in [0.5, 0.6) is 0 Å². The topological polar surface area (TPSA) is 67.6 Å². The van der Waals surface area contributed by atoms with E-state index in [1.54, 1.807) is 0 Å². The fraction of sp³-hybridized carbons (Fsp3) is 0.565. The molecule has 0 spiro atoms. The zero-order valence-corrected chi connectivity index (χ0v) is 18.0. The van der Waals surface area contributed by atoms with Gasteiger partial charge in [-0.2, -0.15) is 0 Å². The molecule has 1 N–H and O–H groups in total. The first kappa shape index (κ1) is 21.5. The highest BCUT2D eigenvalue weighted by molar-refractivity contribution is 5.91. The molecule has 1 saturated heterocycles. The van der Waals surface area contributed by atoms with Gasteiger partial charge in [-0.05, 0) is 43.7 Å². The van der Waals surface area contributed by atoms with Crippen molar-refractivity contribution in [2.75, 3.05) is 13.2 Å². The average Bonchev–Trinajstić information content (AvgIpc) is 3.38. The first-order chi connectivity index (χ1) is 13.9. The van der Waals surface area contributed by atoms with E-state index in [4.69, 9.17) is 9.15 Å². The molecule has 2 atom stereocenters. The van der Waals surface area contributed by atoms with E-state index in [9.17, 15) is 4.79 Å².